The van der Waals surface area contributed by atoms with Crippen LogP contribution in [-0.2, 0) is 0 Å². The van der Waals surface area contributed by atoms with Gasteiger partial charge in [-0.05, 0) is 79.2 Å². The smallest absolute Gasteiger partial charge is 0.164 e. The molecule has 0 aliphatic carbocycles. The molecule has 4 heteroatoms. The Labute approximate surface area is 329 Å². The summed E-state index contributed by atoms with van der Waals surface area (Å²) >= 11 is 0. The second-order valence-electron chi connectivity index (χ2n) is 14.4. The van der Waals surface area contributed by atoms with Gasteiger partial charge in [-0.25, -0.2) is 15.0 Å². The molecule has 0 radical (unpaired) electrons. The van der Waals surface area contributed by atoms with Crippen LogP contribution in [0, 0.1) is 0 Å². The van der Waals surface area contributed by atoms with Gasteiger partial charge in [-0.3, -0.25) is 0 Å². The van der Waals surface area contributed by atoms with E-state index in [1.165, 1.54) is 33.0 Å². The lowest BCUT2D eigenvalue weighted by Gasteiger charge is -2.12. The summed E-state index contributed by atoms with van der Waals surface area (Å²) in [6.45, 7) is 0. The first-order valence-electron chi connectivity index (χ1n) is 19.2. The Morgan fingerprint density at radius 3 is 1.63 bits per heavy atom. The summed E-state index contributed by atoms with van der Waals surface area (Å²) in [6.07, 6.45) is 0. The lowest BCUT2D eigenvalue weighted by Crippen LogP contribution is -2.00. The number of aromatic nitrogens is 3. The molecule has 0 unspecified atom stereocenters. The van der Waals surface area contributed by atoms with E-state index in [-0.39, 0.29) is 0 Å². The summed E-state index contributed by atoms with van der Waals surface area (Å²) < 4.78 is 6.58. The first-order valence-corrected chi connectivity index (χ1v) is 19.2. The van der Waals surface area contributed by atoms with Crippen molar-refractivity contribution in [1.82, 2.24) is 15.0 Å². The van der Waals surface area contributed by atoms with Crippen LogP contribution in [0.4, 0.5) is 0 Å². The summed E-state index contributed by atoms with van der Waals surface area (Å²) in [5.74, 6) is 1.82. The van der Waals surface area contributed by atoms with Crippen molar-refractivity contribution in [3.63, 3.8) is 0 Å². The Hall–Kier alpha value is -7.69. The van der Waals surface area contributed by atoms with Crippen molar-refractivity contribution in [2.24, 2.45) is 0 Å². The van der Waals surface area contributed by atoms with E-state index in [9.17, 15) is 0 Å². The second kappa shape index (κ2) is 13.6. The maximum Gasteiger partial charge on any atom is 0.164 e. The van der Waals surface area contributed by atoms with E-state index in [2.05, 4.69) is 158 Å². The van der Waals surface area contributed by atoms with E-state index < -0.39 is 0 Å². The molecule has 4 nitrogen and oxygen atoms in total. The molecule has 2 aromatic heterocycles. The number of rotatable bonds is 6. The first kappa shape index (κ1) is 32.7. The fourth-order valence-electron chi connectivity index (χ4n) is 8.13. The summed E-state index contributed by atoms with van der Waals surface area (Å²) in [5.41, 5.74) is 11.3. The molecule has 0 fully saturated rings. The van der Waals surface area contributed by atoms with E-state index in [0.717, 1.165) is 60.5 Å². The Morgan fingerprint density at radius 1 is 0.281 bits per heavy atom. The molecule has 0 saturated carbocycles. The summed E-state index contributed by atoms with van der Waals surface area (Å²) in [5, 5.41) is 6.85. The second-order valence-corrected chi connectivity index (χ2v) is 14.4. The van der Waals surface area contributed by atoms with Crippen LogP contribution in [0.2, 0.25) is 0 Å². The molecule has 0 aliphatic heterocycles. The molecular formula is C53H33N3O. The highest BCUT2D eigenvalue weighted by molar-refractivity contribution is 6.13. The zero-order chi connectivity index (χ0) is 37.7. The van der Waals surface area contributed by atoms with Crippen molar-refractivity contribution in [1.29, 1.82) is 0 Å². The van der Waals surface area contributed by atoms with Crippen molar-refractivity contribution < 1.29 is 4.42 Å². The predicted octanol–water partition coefficient (Wildman–Crippen LogP) is 14.1. The van der Waals surface area contributed by atoms with Gasteiger partial charge in [0.25, 0.3) is 0 Å². The topological polar surface area (TPSA) is 51.8 Å². The number of hydrogen-bond acceptors (Lipinski definition) is 4. The van der Waals surface area contributed by atoms with Crippen LogP contribution in [0.1, 0.15) is 0 Å². The molecule has 0 atom stereocenters. The molecule has 0 amide bonds. The largest absolute Gasteiger partial charge is 0.456 e. The highest BCUT2D eigenvalue weighted by atomic mass is 16.3. The van der Waals surface area contributed by atoms with Crippen LogP contribution in [-0.4, -0.2) is 15.0 Å². The molecule has 9 aromatic carbocycles. The van der Waals surface area contributed by atoms with Gasteiger partial charge in [0.2, 0.25) is 0 Å². The molecule has 0 saturated heterocycles. The minimum atomic E-state index is 0.585. The molecule has 11 aromatic rings. The van der Waals surface area contributed by atoms with Gasteiger partial charge in [-0.15, -0.1) is 0 Å². The van der Waals surface area contributed by atoms with Crippen LogP contribution < -0.4 is 0 Å². The molecule has 266 valence electrons. The summed E-state index contributed by atoms with van der Waals surface area (Å²) in [4.78, 5) is 15.3. The maximum absolute atomic E-state index is 6.58. The third kappa shape index (κ3) is 5.83. The lowest BCUT2D eigenvalue weighted by atomic mass is 9.95. The predicted molar refractivity (Wildman–Crippen MR) is 235 cm³/mol. The van der Waals surface area contributed by atoms with E-state index in [1.54, 1.807) is 0 Å². The molecule has 0 aliphatic rings. The molecular weight excluding hydrogens is 695 g/mol. The molecule has 2 heterocycles. The number of nitrogens with zero attached hydrogens (tertiary/aromatic N) is 3. The Balaban J connectivity index is 1.01. The monoisotopic (exact) mass is 727 g/mol. The maximum atomic E-state index is 6.58. The van der Waals surface area contributed by atoms with Gasteiger partial charge in [-0.2, -0.15) is 0 Å². The standard InChI is InChI=1S/C53H33N3O/c1-3-13-36(14-4-1)42-18-9-21-45-44(42)20-10-22-46(45)53-55-51(38-15-5-2-6-16-38)54-52(56-53)41-30-31-47-49(33-41)57-48-23-11-19-43(50(47)48)37-27-24-35(25-28-37)40-29-26-34-12-7-8-17-39(34)32-40/h1-33H. The van der Waals surface area contributed by atoms with Gasteiger partial charge >= 0.3 is 0 Å². The fourth-order valence-corrected chi connectivity index (χ4v) is 8.13. The fraction of sp³-hybridized carbons (Fsp3) is 0. The van der Waals surface area contributed by atoms with Gasteiger partial charge in [0.15, 0.2) is 17.5 Å². The van der Waals surface area contributed by atoms with E-state index >= 15 is 0 Å². The van der Waals surface area contributed by atoms with Gasteiger partial charge in [-0.1, -0.05) is 176 Å². The molecule has 57 heavy (non-hydrogen) atoms. The molecule has 0 spiro atoms. The van der Waals surface area contributed by atoms with E-state index in [4.69, 9.17) is 19.4 Å². The summed E-state index contributed by atoms with van der Waals surface area (Å²) in [7, 11) is 0. The van der Waals surface area contributed by atoms with Gasteiger partial charge in [0.1, 0.15) is 11.2 Å². The zero-order valence-electron chi connectivity index (χ0n) is 30.8. The van der Waals surface area contributed by atoms with E-state index in [0.29, 0.717) is 17.5 Å². The van der Waals surface area contributed by atoms with Crippen LogP contribution in [0.15, 0.2) is 205 Å². The Kier molecular flexibility index (Phi) is 7.78. The quantitative estimate of drug-likeness (QED) is 0.171. The van der Waals surface area contributed by atoms with Crippen molar-refractivity contribution in [3.05, 3.63) is 200 Å². The normalized spacial score (nSPS) is 11.5. The third-order valence-corrected chi connectivity index (χ3v) is 10.9. The average Bonchev–Trinajstić information content (AvgIpc) is 3.67. The van der Waals surface area contributed by atoms with Crippen LogP contribution in [0.5, 0.6) is 0 Å². The van der Waals surface area contributed by atoms with Crippen molar-refractivity contribution in [2.45, 2.75) is 0 Å². The minimum Gasteiger partial charge on any atom is -0.456 e. The minimum absolute atomic E-state index is 0.585. The first-order chi connectivity index (χ1) is 28.2. The third-order valence-electron chi connectivity index (χ3n) is 10.9. The van der Waals surface area contributed by atoms with Crippen molar-refractivity contribution >= 4 is 43.5 Å². The van der Waals surface area contributed by atoms with Crippen molar-refractivity contribution in [2.75, 3.05) is 0 Å². The Morgan fingerprint density at radius 2 is 0.842 bits per heavy atom. The van der Waals surface area contributed by atoms with E-state index in [1.807, 2.05) is 42.5 Å². The van der Waals surface area contributed by atoms with Crippen LogP contribution in [0.25, 0.3) is 111 Å². The van der Waals surface area contributed by atoms with Crippen LogP contribution >= 0.6 is 0 Å². The molecule has 0 N–H and O–H groups in total. The highest BCUT2D eigenvalue weighted by Gasteiger charge is 2.18. The van der Waals surface area contributed by atoms with Gasteiger partial charge in [0.05, 0.1) is 0 Å². The SMILES string of the molecule is c1ccc(-c2nc(-c3ccc4c(c3)oc3cccc(-c5ccc(-c6ccc7ccccc7c6)cc5)c34)nc(-c3cccc4c(-c5ccccc5)cccc34)n2)cc1. The molecule has 0 bridgehead atoms. The zero-order valence-corrected chi connectivity index (χ0v) is 30.8. The van der Waals surface area contributed by atoms with Crippen LogP contribution in [0.3, 0.4) is 0 Å². The van der Waals surface area contributed by atoms with Crippen molar-refractivity contribution in [3.8, 4) is 67.5 Å². The Bertz CT molecular complexity index is 3280. The number of furan rings is 1. The number of benzene rings is 9. The number of hydrogen-bond donors (Lipinski definition) is 0. The summed E-state index contributed by atoms with van der Waals surface area (Å²) in [6, 6.07) is 69.9. The molecule has 11 rings (SSSR count). The number of fused-ring (bicyclic) bond motifs is 5. The lowest BCUT2D eigenvalue weighted by molar-refractivity contribution is 0.669. The van der Waals surface area contributed by atoms with Gasteiger partial charge in [0, 0.05) is 27.5 Å². The average molecular weight is 728 g/mol. The van der Waals surface area contributed by atoms with Gasteiger partial charge < -0.3 is 4.42 Å². The highest BCUT2D eigenvalue weighted by Crippen LogP contribution is 2.40.